The summed E-state index contributed by atoms with van der Waals surface area (Å²) < 4.78 is 5.30. The maximum Gasteiger partial charge on any atom is 0.354 e. The van der Waals surface area contributed by atoms with Crippen molar-refractivity contribution in [1.82, 2.24) is 9.88 Å². The van der Waals surface area contributed by atoms with Crippen molar-refractivity contribution in [1.29, 1.82) is 0 Å². The Kier molecular flexibility index (Phi) is 3.51. The summed E-state index contributed by atoms with van der Waals surface area (Å²) >= 11 is 0. The molecule has 2 amide bonds. The molecule has 6 nitrogen and oxygen atoms in total. The first-order valence-corrected chi connectivity index (χ1v) is 6.96. The number of hydrogen-bond donors (Lipinski definition) is 2. The SMILES string of the molecule is NC(=O)N1CCC[C@@H]1COC(=O)c1cc2ccccc2[nH]1. The van der Waals surface area contributed by atoms with Crippen molar-refractivity contribution in [2.75, 3.05) is 13.2 Å². The average Bonchev–Trinajstić information content (AvgIpc) is 3.10. The van der Waals surface area contributed by atoms with Crippen LogP contribution in [-0.4, -0.2) is 41.1 Å². The number of benzene rings is 1. The van der Waals surface area contributed by atoms with Crippen LogP contribution in [0.5, 0.6) is 0 Å². The van der Waals surface area contributed by atoms with Crippen LogP contribution in [0.1, 0.15) is 23.3 Å². The zero-order valence-corrected chi connectivity index (χ0v) is 11.5. The van der Waals surface area contributed by atoms with Crippen molar-refractivity contribution >= 4 is 22.9 Å². The number of urea groups is 1. The van der Waals surface area contributed by atoms with Crippen LogP contribution in [0.25, 0.3) is 10.9 Å². The summed E-state index contributed by atoms with van der Waals surface area (Å²) in [5.74, 6) is -0.414. The standard InChI is InChI=1S/C15H17N3O3/c16-15(20)18-7-3-5-11(18)9-21-14(19)13-8-10-4-1-2-6-12(10)17-13/h1-2,4,6,8,11,17H,3,5,7,9H2,(H2,16,20)/t11-/m1/s1. The predicted molar refractivity (Wildman–Crippen MR) is 77.9 cm³/mol. The second-order valence-corrected chi connectivity index (χ2v) is 5.20. The Bertz CT molecular complexity index is 647. The smallest absolute Gasteiger partial charge is 0.354 e. The highest BCUT2D eigenvalue weighted by atomic mass is 16.5. The Hall–Kier alpha value is -2.50. The van der Waals surface area contributed by atoms with Crippen molar-refractivity contribution < 1.29 is 14.3 Å². The highest BCUT2D eigenvalue weighted by molar-refractivity contribution is 5.94. The van der Waals surface area contributed by atoms with E-state index in [4.69, 9.17) is 10.5 Å². The van der Waals surface area contributed by atoms with Crippen molar-refractivity contribution in [2.24, 2.45) is 5.73 Å². The zero-order chi connectivity index (χ0) is 14.8. The minimum atomic E-state index is -0.459. The molecule has 0 unspecified atom stereocenters. The van der Waals surface area contributed by atoms with Crippen LogP contribution in [0.2, 0.25) is 0 Å². The molecule has 1 aliphatic heterocycles. The number of carbonyl (C=O) groups excluding carboxylic acids is 2. The molecular formula is C15H17N3O3. The number of fused-ring (bicyclic) bond motifs is 1. The third-order valence-electron chi connectivity index (χ3n) is 3.82. The second kappa shape index (κ2) is 5.47. The van der Waals surface area contributed by atoms with Gasteiger partial charge in [-0.25, -0.2) is 9.59 Å². The number of likely N-dealkylation sites (tertiary alicyclic amines) is 1. The number of nitrogens with two attached hydrogens (primary N) is 1. The molecule has 0 bridgehead atoms. The van der Waals surface area contributed by atoms with Gasteiger partial charge in [0.05, 0.1) is 6.04 Å². The predicted octanol–water partition coefficient (Wildman–Crippen LogP) is 1.87. The number of nitrogens with zero attached hydrogens (tertiary/aromatic N) is 1. The van der Waals surface area contributed by atoms with Crippen molar-refractivity contribution in [3.63, 3.8) is 0 Å². The number of nitrogens with one attached hydrogen (secondary N) is 1. The van der Waals surface area contributed by atoms with E-state index in [-0.39, 0.29) is 12.6 Å². The Morgan fingerprint density at radius 3 is 2.95 bits per heavy atom. The van der Waals surface area contributed by atoms with Gasteiger partial charge in [-0.3, -0.25) is 0 Å². The number of H-pyrrole nitrogens is 1. The normalized spacial score (nSPS) is 18.1. The fourth-order valence-corrected chi connectivity index (χ4v) is 2.73. The molecule has 1 saturated heterocycles. The van der Waals surface area contributed by atoms with Crippen LogP contribution in [0.15, 0.2) is 30.3 Å². The molecule has 110 valence electrons. The molecule has 0 saturated carbocycles. The quantitative estimate of drug-likeness (QED) is 0.845. The van der Waals surface area contributed by atoms with E-state index in [0.717, 1.165) is 23.7 Å². The van der Waals surface area contributed by atoms with Gasteiger partial charge in [-0.1, -0.05) is 18.2 Å². The minimum Gasteiger partial charge on any atom is -0.459 e. The molecule has 2 heterocycles. The van der Waals surface area contributed by atoms with E-state index in [0.29, 0.717) is 12.2 Å². The van der Waals surface area contributed by atoms with Gasteiger partial charge >= 0.3 is 12.0 Å². The number of ether oxygens (including phenoxy) is 1. The van der Waals surface area contributed by atoms with Crippen molar-refractivity contribution in [3.05, 3.63) is 36.0 Å². The third-order valence-corrected chi connectivity index (χ3v) is 3.82. The van der Waals surface area contributed by atoms with Crippen molar-refractivity contribution in [3.8, 4) is 0 Å². The number of rotatable bonds is 3. The number of para-hydroxylation sites is 1. The van der Waals surface area contributed by atoms with Gasteiger partial charge in [0.2, 0.25) is 0 Å². The van der Waals surface area contributed by atoms with E-state index in [2.05, 4.69) is 4.98 Å². The first-order chi connectivity index (χ1) is 10.1. The van der Waals surface area contributed by atoms with Crippen molar-refractivity contribution in [2.45, 2.75) is 18.9 Å². The monoisotopic (exact) mass is 287 g/mol. The number of amides is 2. The lowest BCUT2D eigenvalue weighted by Crippen LogP contribution is -2.41. The Morgan fingerprint density at radius 1 is 1.38 bits per heavy atom. The van der Waals surface area contributed by atoms with E-state index >= 15 is 0 Å². The summed E-state index contributed by atoms with van der Waals surface area (Å²) in [6.45, 7) is 0.807. The maximum atomic E-state index is 12.1. The van der Waals surface area contributed by atoms with Gasteiger partial charge in [0.1, 0.15) is 12.3 Å². The highest BCUT2D eigenvalue weighted by Gasteiger charge is 2.28. The molecule has 2 aromatic rings. The molecule has 1 atom stereocenters. The Balaban J connectivity index is 1.65. The van der Waals surface area contributed by atoms with E-state index < -0.39 is 12.0 Å². The average molecular weight is 287 g/mol. The molecule has 21 heavy (non-hydrogen) atoms. The molecule has 1 aromatic heterocycles. The molecule has 1 aromatic carbocycles. The number of primary amides is 1. The lowest BCUT2D eigenvalue weighted by Gasteiger charge is -2.21. The first kappa shape index (κ1) is 13.5. The fourth-order valence-electron chi connectivity index (χ4n) is 2.73. The zero-order valence-electron chi connectivity index (χ0n) is 11.5. The summed E-state index contributed by atoms with van der Waals surface area (Å²) in [5.41, 5.74) is 6.61. The van der Waals surface area contributed by atoms with Crippen LogP contribution in [0, 0.1) is 0 Å². The molecular weight excluding hydrogens is 270 g/mol. The Labute approximate surface area is 121 Å². The van der Waals surface area contributed by atoms with Crippen LogP contribution >= 0.6 is 0 Å². The summed E-state index contributed by atoms with van der Waals surface area (Å²) in [5, 5.41) is 0.962. The molecule has 3 rings (SSSR count). The van der Waals surface area contributed by atoms with E-state index in [1.54, 1.807) is 11.0 Å². The van der Waals surface area contributed by atoms with E-state index in [1.165, 1.54) is 0 Å². The van der Waals surface area contributed by atoms with Gasteiger partial charge in [-0.05, 0) is 25.0 Å². The van der Waals surface area contributed by atoms with Gasteiger partial charge in [0.25, 0.3) is 0 Å². The molecule has 3 N–H and O–H groups in total. The number of carbonyl (C=O) groups is 2. The molecule has 0 radical (unpaired) electrons. The topological polar surface area (TPSA) is 88.4 Å². The van der Waals surface area contributed by atoms with E-state index in [1.807, 2.05) is 24.3 Å². The number of aromatic nitrogens is 1. The largest absolute Gasteiger partial charge is 0.459 e. The highest BCUT2D eigenvalue weighted by Crippen LogP contribution is 2.19. The molecule has 6 heteroatoms. The number of hydrogen-bond acceptors (Lipinski definition) is 3. The Morgan fingerprint density at radius 2 is 2.19 bits per heavy atom. The van der Waals surface area contributed by atoms with Crippen LogP contribution < -0.4 is 5.73 Å². The van der Waals surface area contributed by atoms with Gasteiger partial charge in [0, 0.05) is 17.4 Å². The fraction of sp³-hybridized carbons (Fsp3) is 0.333. The van der Waals surface area contributed by atoms with Crippen LogP contribution in [0.3, 0.4) is 0 Å². The molecule has 1 fully saturated rings. The molecule has 0 aliphatic carbocycles. The molecule has 1 aliphatic rings. The summed E-state index contributed by atoms with van der Waals surface area (Å²) in [4.78, 5) is 27.9. The third kappa shape index (κ3) is 2.69. The number of esters is 1. The molecule has 0 spiro atoms. The van der Waals surface area contributed by atoms with Gasteiger partial charge < -0.3 is 20.4 Å². The van der Waals surface area contributed by atoms with Gasteiger partial charge in [-0.15, -0.1) is 0 Å². The number of aromatic amines is 1. The lowest BCUT2D eigenvalue weighted by atomic mass is 10.2. The van der Waals surface area contributed by atoms with Gasteiger partial charge in [0.15, 0.2) is 0 Å². The minimum absolute atomic E-state index is 0.115. The summed E-state index contributed by atoms with van der Waals surface area (Å²) in [6.07, 6.45) is 1.69. The second-order valence-electron chi connectivity index (χ2n) is 5.20. The maximum absolute atomic E-state index is 12.1. The van der Waals surface area contributed by atoms with Crippen LogP contribution in [0.4, 0.5) is 4.79 Å². The summed E-state index contributed by atoms with van der Waals surface area (Å²) in [7, 11) is 0. The van der Waals surface area contributed by atoms with E-state index in [9.17, 15) is 9.59 Å². The lowest BCUT2D eigenvalue weighted by molar-refractivity contribution is 0.0416. The van der Waals surface area contributed by atoms with Crippen LogP contribution in [-0.2, 0) is 4.74 Å². The van der Waals surface area contributed by atoms with Gasteiger partial charge in [-0.2, -0.15) is 0 Å². The summed E-state index contributed by atoms with van der Waals surface area (Å²) in [6, 6.07) is 8.82. The first-order valence-electron chi connectivity index (χ1n) is 6.96.